The fourth-order valence-corrected chi connectivity index (χ4v) is 3.73. The van der Waals surface area contributed by atoms with Crippen molar-refractivity contribution in [2.45, 2.75) is 37.8 Å². The number of aryl methyl sites for hydroxylation is 1. The van der Waals surface area contributed by atoms with Crippen molar-refractivity contribution in [1.82, 2.24) is 19.4 Å². The first-order valence-electron chi connectivity index (χ1n) is 7.84. The zero-order valence-corrected chi connectivity index (χ0v) is 12.6. The molecule has 2 fully saturated rings. The molecule has 2 heterocycles. The van der Waals surface area contributed by atoms with Crippen molar-refractivity contribution in [3.8, 4) is 0 Å². The summed E-state index contributed by atoms with van der Waals surface area (Å²) in [5.41, 5.74) is 0.761. The topological polar surface area (TPSA) is 61.6 Å². The highest BCUT2D eigenvalue weighted by atomic mass is 16.4. The van der Waals surface area contributed by atoms with Crippen LogP contribution in [0, 0.1) is 0 Å². The maximum absolute atomic E-state index is 11.7. The number of hydrogen-bond donors (Lipinski definition) is 1. The number of nitrogens with zero attached hydrogens (tertiary/aromatic N) is 4. The van der Waals surface area contributed by atoms with E-state index < -0.39 is 12.0 Å². The minimum absolute atomic E-state index is 0.580. The fraction of sp³-hybridized carbons (Fsp3) is 0.733. The van der Waals surface area contributed by atoms with Gasteiger partial charge in [-0.3, -0.25) is 14.6 Å². The van der Waals surface area contributed by atoms with Crippen LogP contribution in [0.3, 0.4) is 0 Å². The number of piperazine rings is 1. The van der Waals surface area contributed by atoms with E-state index in [1.54, 1.807) is 12.5 Å². The first-order chi connectivity index (χ1) is 10.2. The van der Waals surface area contributed by atoms with Gasteiger partial charge in [0.15, 0.2) is 6.04 Å². The molecule has 3 rings (SSSR count). The van der Waals surface area contributed by atoms with Crippen LogP contribution in [0.1, 0.15) is 37.4 Å². The molecular weight excluding hydrogens is 268 g/mol. The SMILES string of the molecule is Cn1cncc1C(C(=O)O)N1CCN(C2CCCC2)CC1. The number of aromatic nitrogens is 2. The lowest BCUT2D eigenvalue weighted by atomic mass is 10.1. The van der Waals surface area contributed by atoms with E-state index in [4.69, 9.17) is 0 Å². The number of carboxylic acid groups (broad SMARTS) is 1. The fourth-order valence-electron chi connectivity index (χ4n) is 3.73. The maximum atomic E-state index is 11.7. The molecule has 1 aliphatic carbocycles. The summed E-state index contributed by atoms with van der Waals surface area (Å²) in [4.78, 5) is 20.4. The summed E-state index contributed by atoms with van der Waals surface area (Å²) in [6, 6.07) is 0.148. The number of hydrogen-bond acceptors (Lipinski definition) is 4. The zero-order valence-electron chi connectivity index (χ0n) is 12.6. The molecule has 0 aromatic carbocycles. The van der Waals surface area contributed by atoms with Crippen LogP contribution >= 0.6 is 0 Å². The van der Waals surface area contributed by atoms with E-state index in [1.165, 1.54) is 25.7 Å². The molecule has 0 radical (unpaired) electrons. The lowest BCUT2D eigenvalue weighted by molar-refractivity contribution is -0.144. The van der Waals surface area contributed by atoms with Gasteiger partial charge in [-0.1, -0.05) is 12.8 Å². The molecule has 1 saturated heterocycles. The molecule has 1 unspecified atom stereocenters. The van der Waals surface area contributed by atoms with Gasteiger partial charge in [0.2, 0.25) is 0 Å². The van der Waals surface area contributed by atoms with Crippen LogP contribution in [-0.4, -0.2) is 62.6 Å². The van der Waals surface area contributed by atoms with Crippen LogP contribution in [0.25, 0.3) is 0 Å². The Bertz CT molecular complexity index is 488. The van der Waals surface area contributed by atoms with E-state index in [-0.39, 0.29) is 0 Å². The van der Waals surface area contributed by atoms with Gasteiger partial charge in [0.25, 0.3) is 0 Å². The van der Waals surface area contributed by atoms with Gasteiger partial charge in [0, 0.05) is 39.3 Å². The summed E-state index contributed by atoms with van der Waals surface area (Å²) >= 11 is 0. The zero-order chi connectivity index (χ0) is 14.8. The summed E-state index contributed by atoms with van der Waals surface area (Å²) in [7, 11) is 1.85. The largest absolute Gasteiger partial charge is 0.480 e. The van der Waals surface area contributed by atoms with Crippen LogP contribution in [-0.2, 0) is 11.8 Å². The Morgan fingerprint density at radius 1 is 1.29 bits per heavy atom. The van der Waals surface area contributed by atoms with Crippen LogP contribution in [0.4, 0.5) is 0 Å². The quantitative estimate of drug-likeness (QED) is 0.900. The standard InChI is InChI=1S/C15H24N4O2/c1-17-11-16-10-13(17)14(15(20)21)19-8-6-18(7-9-19)12-4-2-3-5-12/h10-12,14H,2-9H2,1H3,(H,20,21). The highest BCUT2D eigenvalue weighted by Gasteiger charge is 2.34. The van der Waals surface area contributed by atoms with Gasteiger partial charge in [0.1, 0.15) is 0 Å². The van der Waals surface area contributed by atoms with Gasteiger partial charge in [-0.15, -0.1) is 0 Å². The second-order valence-corrected chi connectivity index (χ2v) is 6.18. The Balaban J connectivity index is 1.66. The molecule has 1 aromatic heterocycles. The van der Waals surface area contributed by atoms with Crippen LogP contribution in [0.5, 0.6) is 0 Å². The normalized spacial score (nSPS) is 23.5. The highest BCUT2D eigenvalue weighted by Crippen LogP contribution is 2.27. The minimum Gasteiger partial charge on any atom is -0.480 e. The first-order valence-corrected chi connectivity index (χ1v) is 7.84. The van der Waals surface area contributed by atoms with Gasteiger partial charge in [-0.2, -0.15) is 0 Å². The molecule has 0 amide bonds. The minimum atomic E-state index is -0.784. The lowest BCUT2D eigenvalue weighted by Gasteiger charge is -2.40. The van der Waals surface area contributed by atoms with Gasteiger partial charge in [-0.25, -0.2) is 4.98 Å². The second-order valence-electron chi connectivity index (χ2n) is 6.18. The third kappa shape index (κ3) is 2.96. The van der Waals surface area contributed by atoms with Crippen LogP contribution in [0.15, 0.2) is 12.5 Å². The third-order valence-electron chi connectivity index (χ3n) is 4.92. The number of aliphatic carboxylic acids is 1. The molecular formula is C15H24N4O2. The molecule has 1 aromatic rings. The number of carboxylic acids is 1. The van der Waals surface area contributed by atoms with Crippen molar-refractivity contribution < 1.29 is 9.90 Å². The average molecular weight is 292 g/mol. The van der Waals surface area contributed by atoms with E-state index >= 15 is 0 Å². The Morgan fingerprint density at radius 3 is 2.48 bits per heavy atom. The number of rotatable bonds is 4. The van der Waals surface area contributed by atoms with Crippen molar-refractivity contribution in [2.75, 3.05) is 26.2 Å². The average Bonchev–Trinajstić information content (AvgIpc) is 3.12. The van der Waals surface area contributed by atoms with Gasteiger partial charge < -0.3 is 9.67 Å². The molecule has 1 N–H and O–H groups in total. The molecule has 0 spiro atoms. The summed E-state index contributed by atoms with van der Waals surface area (Å²) in [6.45, 7) is 3.59. The smallest absolute Gasteiger partial charge is 0.327 e. The molecule has 116 valence electrons. The summed E-state index contributed by atoms with van der Waals surface area (Å²) in [6.07, 6.45) is 8.64. The van der Waals surface area contributed by atoms with Crippen molar-refractivity contribution in [3.63, 3.8) is 0 Å². The first kappa shape index (κ1) is 14.5. The van der Waals surface area contributed by atoms with Gasteiger partial charge >= 0.3 is 5.97 Å². The van der Waals surface area contributed by atoms with Crippen LogP contribution in [0.2, 0.25) is 0 Å². The predicted molar refractivity (Wildman–Crippen MR) is 79.0 cm³/mol. The number of carbonyl (C=O) groups is 1. The van der Waals surface area contributed by atoms with Crippen molar-refractivity contribution in [3.05, 3.63) is 18.2 Å². The van der Waals surface area contributed by atoms with Gasteiger partial charge in [-0.05, 0) is 12.8 Å². The summed E-state index contributed by atoms with van der Waals surface area (Å²) < 4.78 is 1.81. The second kappa shape index (κ2) is 6.15. The lowest BCUT2D eigenvalue weighted by Crippen LogP contribution is -2.52. The van der Waals surface area contributed by atoms with Gasteiger partial charge in [0.05, 0.1) is 18.2 Å². The predicted octanol–water partition coefficient (Wildman–Crippen LogP) is 1.11. The molecule has 0 bridgehead atoms. The Kier molecular flexibility index (Phi) is 4.26. The third-order valence-corrected chi connectivity index (χ3v) is 4.92. The number of imidazole rings is 1. The van der Waals surface area contributed by atoms with E-state index in [1.807, 2.05) is 11.6 Å². The molecule has 6 heteroatoms. The Morgan fingerprint density at radius 2 is 1.95 bits per heavy atom. The highest BCUT2D eigenvalue weighted by molar-refractivity contribution is 5.74. The molecule has 2 aliphatic rings. The van der Waals surface area contributed by atoms with Crippen molar-refractivity contribution in [1.29, 1.82) is 0 Å². The van der Waals surface area contributed by atoms with E-state index in [0.29, 0.717) is 0 Å². The monoisotopic (exact) mass is 292 g/mol. The van der Waals surface area contributed by atoms with Crippen molar-refractivity contribution in [2.24, 2.45) is 7.05 Å². The van der Waals surface area contributed by atoms with Crippen molar-refractivity contribution >= 4 is 5.97 Å². The van der Waals surface area contributed by atoms with E-state index in [0.717, 1.165) is 37.9 Å². The summed E-state index contributed by atoms with van der Waals surface area (Å²) in [5.74, 6) is -0.784. The van der Waals surface area contributed by atoms with E-state index in [9.17, 15) is 9.90 Å². The molecule has 6 nitrogen and oxygen atoms in total. The molecule has 21 heavy (non-hydrogen) atoms. The van der Waals surface area contributed by atoms with Crippen LogP contribution < -0.4 is 0 Å². The Hall–Kier alpha value is -1.40. The maximum Gasteiger partial charge on any atom is 0.327 e. The molecule has 1 atom stereocenters. The molecule has 1 aliphatic heterocycles. The summed E-state index contributed by atoms with van der Waals surface area (Å²) in [5, 5.41) is 9.60. The molecule has 1 saturated carbocycles. The van der Waals surface area contributed by atoms with E-state index in [2.05, 4.69) is 14.8 Å². The Labute approximate surface area is 125 Å².